The molecule has 2 fully saturated rings. The van der Waals surface area contributed by atoms with Crippen molar-refractivity contribution in [3.63, 3.8) is 0 Å². The summed E-state index contributed by atoms with van der Waals surface area (Å²) >= 11 is 0. The van der Waals surface area contributed by atoms with Crippen LogP contribution in [0.3, 0.4) is 0 Å². The first-order valence-corrected chi connectivity index (χ1v) is 8.36. The highest BCUT2D eigenvalue weighted by Crippen LogP contribution is 2.18. The quantitative estimate of drug-likeness (QED) is 0.892. The van der Waals surface area contributed by atoms with Gasteiger partial charge in [-0.3, -0.25) is 9.59 Å². The van der Waals surface area contributed by atoms with Gasteiger partial charge in [0.1, 0.15) is 5.56 Å². The van der Waals surface area contributed by atoms with Crippen LogP contribution in [0, 0.1) is 6.92 Å². The molecular formula is C17H24N2O4. The van der Waals surface area contributed by atoms with Gasteiger partial charge in [0.15, 0.2) is 0 Å². The molecule has 0 saturated carbocycles. The Morgan fingerprint density at radius 3 is 2.26 bits per heavy atom. The molecule has 1 amide bonds. The maximum atomic E-state index is 12.8. The molecule has 1 aromatic heterocycles. The molecule has 1 N–H and O–H groups in total. The van der Waals surface area contributed by atoms with Gasteiger partial charge in [-0.2, -0.15) is 0 Å². The van der Waals surface area contributed by atoms with Gasteiger partial charge in [-0.25, -0.2) is 0 Å². The molecule has 0 spiro atoms. The van der Waals surface area contributed by atoms with Crippen molar-refractivity contribution in [3.05, 3.63) is 33.7 Å². The third-order valence-corrected chi connectivity index (χ3v) is 4.47. The minimum atomic E-state index is -0.334. The van der Waals surface area contributed by atoms with E-state index < -0.39 is 0 Å². The summed E-state index contributed by atoms with van der Waals surface area (Å²) in [7, 11) is 0. The minimum absolute atomic E-state index is 0.0601. The second kappa shape index (κ2) is 7.27. The minimum Gasteiger partial charge on any atom is -0.376 e. The van der Waals surface area contributed by atoms with Gasteiger partial charge in [-0.1, -0.05) is 0 Å². The van der Waals surface area contributed by atoms with Crippen molar-refractivity contribution in [1.29, 1.82) is 0 Å². The predicted molar refractivity (Wildman–Crippen MR) is 85.7 cm³/mol. The zero-order chi connectivity index (χ0) is 16.2. The molecule has 2 saturated heterocycles. The number of aromatic nitrogens is 1. The smallest absolute Gasteiger partial charge is 0.260 e. The highest BCUT2D eigenvalue weighted by molar-refractivity contribution is 5.93. The van der Waals surface area contributed by atoms with E-state index in [2.05, 4.69) is 4.98 Å². The molecule has 0 unspecified atom stereocenters. The van der Waals surface area contributed by atoms with Crippen molar-refractivity contribution in [1.82, 2.24) is 9.88 Å². The number of carbonyl (C=O) groups is 1. The van der Waals surface area contributed by atoms with Crippen LogP contribution in [0.2, 0.25) is 0 Å². The van der Waals surface area contributed by atoms with Gasteiger partial charge < -0.3 is 19.4 Å². The normalized spacial score (nSPS) is 24.0. The zero-order valence-electron chi connectivity index (χ0n) is 13.5. The number of nitrogens with zero attached hydrogens (tertiary/aromatic N) is 1. The van der Waals surface area contributed by atoms with Crippen molar-refractivity contribution >= 4 is 5.91 Å². The van der Waals surface area contributed by atoms with Gasteiger partial charge in [-0.05, 0) is 44.7 Å². The first kappa shape index (κ1) is 16.2. The van der Waals surface area contributed by atoms with Crippen molar-refractivity contribution in [2.75, 3.05) is 26.3 Å². The van der Waals surface area contributed by atoms with Gasteiger partial charge in [0, 0.05) is 32.0 Å². The molecule has 3 rings (SSSR count). The van der Waals surface area contributed by atoms with E-state index in [1.54, 1.807) is 24.0 Å². The Balaban J connectivity index is 1.77. The standard InChI is InChI=1S/C17H24N2O4/c1-12-6-7-15(16(20)18-12)17(21)19(10-13-4-2-8-22-13)11-14-5-3-9-23-14/h6-7,13-14H,2-5,8-11H2,1H3,(H,18,20)/t13-,14-/m1/s1. The fourth-order valence-corrected chi connectivity index (χ4v) is 3.22. The van der Waals surface area contributed by atoms with Gasteiger partial charge in [0.2, 0.25) is 0 Å². The number of aryl methyl sites for hydroxylation is 1. The maximum Gasteiger partial charge on any atom is 0.260 e. The zero-order valence-corrected chi connectivity index (χ0v) is 13.5. The van der Waals surface area contributed by atoms with Gasteiger partial charge in [0.25, 0.3) is 11.5 Å². The van der Waals surface area contributed by atoms with Crippen molar-refractivity contribution in [2.45, 2.75) is 44.8 Å². The van der Waals surface area contributed by atoms with Crippen LogP contribution in [0.5, 0.6) is 0 Å². The fourth-order valence-electron chi connectivity index (χ4n) is 3.22. The Hall–Kier alpha value is -1.66. The molecule has 0 radical (unpaired) electrons. The van der Waals surface area contributed by atoms with E-state index in [1.807, 2.05) is 0 Å². The van der Waals surface area contributed by atoms with Crippen molar-refractivity contribution < 1.29 is 14.3 Å². The number of nitrogens with one attached hydrogen (secondary N) is 1. The largest absolute Gasteiger partial charge is 0.376 e. The number of hydrogen-bond donors (Lipinski definition) is 1. The molecule has 126 valence electrons. The first-order valence-electron chi connectivity index (χ1n) is 8.36. The van der Waals surface area contributed by atoms with Gasteiger partial charge in [0.05, 0.1) is 12.2 Å². The lowest BCUT2D eigenvalue weighted by atomic mass is 10.1. The molecule has 0 aliphatic carbocycles. The Kier molecular flexibility index (Phi) is 5.13. The van der Waals surface area contributed by atoms with Gasteiger partial charge in [-0.15, -0.1) is 0 Å². The van der Waals surface area contributed by atoms with E-state index in [-0.39, 0.29) is 29.2 Å². The molecule has 0 aromatic carbocycles. The average molecular weight is 320 g/mol. The second-order valence-electron chi connectivity index (χ2n) is 6.36. The Labute approximate surface area is 135 Å². The number of pyridine rings is 1. The van der Waals surface area contributed by atoms with E-state index in [9.17, 15) is 9.59 Å². The fraction of sp³-hybridized carbons (Fsp3) is 0.647. The van der Waals surface area contributed by atoms with Crippen LogP contribution in [-0.4, -0.2) is 54.3 Å². The lowest BCUT2D eigenvalue weighted by molar-refractivity contribution is 0.0306. The molecule has 6 nitrogen and oxygen atoms in total. The number of ether oxygens (including phenoxy) is 2. The number of hydrogen-bond acceptors (Lipinski definition) is 4. The van der Waals surface area contributed by atoms with E-state index >= 15 is 0 Å². The van der Waals surface area contributed by atoms with E-state index in [0.717, 1.165) is 44.6 Å². The highest BCUT2D eigenvalue weighted by atomic mass is 16.5. The van der Waals surface area contributed by atoms with Crippen LogP contribution in [0.25, 0.3) is 0 Å². The molecule has 1 aromatic rings. The summed E-state index contributed by atoms with van der Waals surface area (Å²) in [5.74, 6) is -0.239. The van der Waals surface area contributed by atoms with Crippen molar-refractivity contribution in [2.24, 2.45) is 0 Å². The maximum absolute atomic E-state index is 12.8. The number of H-pyrrole nitrogens is 1. The van der Waals surface area contributed by atoms with Gasteiger partial charge >= 0.3 is 0 Å². The molecule has 0 bridgehead atoms. The Morgan fingerprint density at radius 1 is 1.17 bits per heavy atom. The second-order valence-corrected chi connectivity index (χ2v) is 6.36. The van der Waals surface area contributed by atoms with Crippen molar-refractivity contribution in [3.8, 4) is 0 Å². The Bertz CT molecular complexity index is 583. The number of carbonyl (C=O) groups excluding carboxylic acids is 1. The van der Waals surface area contributed by atoms with E-state index in [4.69, 9.17) is 9.47 Å². The number of aromatic amines is 1. The van der Waals surface area contributed by atoms with Crippen LogP contribution >= 0.6 is 0 Å². The SMILES string of the molecule is Cc1ccc(C(=O)N(C[C@H]2CCCO2)C[C@H]2CCCO2)c(=O)[nH]1. The topological polar surface area (TPSA) is 71.6 Å². The molecule has 6 heteroatoms. The summed E-state index contributed by atoms with van der Waals surface area (Å²) in [6, 6.07) is 3.36. The highest BCUT2D eigenvalue weighted by Gasteiger charge is 2.28. The summed E-state index contributed by atoms with van der Waals surface area (Å²) < 4.78 is 11.3. The summed E-state index contributed by atoms with van der Waals surface area (Å²) in [6.07, 6.45) is 4.09. The molecule has 3 heterocycles. The number of amides is 1. The molecule has 2 aliphatic rings. The third kappa shape index (κ3) is 4.00. The average Bonchev–Trinajstić information content (AvgIpc) is 3.19. The summed E-state index contributed by atoms with van der Waals surface area (Å²) in [5, 5.41) is 0. The van der Waals surface area contributed by atoms with Crippen LogP contribution in [0.15, 0.2) is 16.9 Å². The third-order valence-electron chi connectivity index (χ3n) is 4.47. The van der Waals surface area contributed by atoms with Crippen LogP contribution in [-0.2, 0) is 9.47 Å². The molecular weight excluding hydrogens is 296 g/mol. The lowest BCUT2D eigenvalue weighted by Crippen LogP contribution is -2.43. The van der Waals surface area contributed by atoms with E-state index in [0.29, 0.717) is 13.1 Å². The summed E-state index contributed by atoms with van der Waals surface area (Å²) in [4.78, 5) is 29.4. The molecule has 23 heavy (non-hydrogen) atoms. The van der Waals surface area contributed by atoms with E-state index in [1.165, 1.54) is 0 Å². The van der Waals surface area contributed by atoms with Crippen LogP contribution < -0.4 is 5.56 Å². The summed E-state index contributed by atoms with van der Waals surface area (Å²) in [5.41, 5.74) is 0.600. The number of rotatable bonds is 5. The molecule has 2 atom stereocenters. The predicted octanol–water partition coefficient (Wildman–Crippen LogP) is 1.48. The monoisotopic (exact) mass is 320 g/mol. The van der Waals surface area contributed by atoms with Crippen LogP contribution in [0.4, 0.5) is 0 Å². The Morgan fingerprint density at radius 2 is 1.78 bits per heavy atom. The van der Waals surface area contributed by atoms with Crippen LogP contribution in [0.1, 0.15) is 41.7 Å². The molecule has 2 aliphatic heterocycles. The summed E-state index contributed by atoms with van der Waals surface area (Å²) in [6.45, 7) is 4.33. The lowest BCUT2D eigenvalue weighted by Gasteiger charge is -2.27. The first-order chi connectivity index (χ1) is 11.1.